The molecule has 0 aromatic heterocycles. The van der Waals surface area contributed by atoms with Crippen LogP contribution in [0.4, 0.5) is 0 Å². The summed E-state index contributed by atoms with van der Waals surface area (Å²) in [5.41, 5.74) is 6.50. The van der Waals surface area contributed by atoms with Crippen molar-refractivity contribution in [2.24, 2.45) is 5.73 Å². The summed E-state index contributed by atoms with van der Waals surface area (Å²) in [5, 5.41) is 7.42. The molecule has 0 unspecified atom stereocenters. The van der Waals surface area contributed by atoms with E-state index in [1.54, 1.807) is 6.92 Å². The highest BCUT2D eigenvalue weighted by molar-refractivity contribution is 5.88. The molecule has 82 valence electrons. The van der Waals surface area contributed by atoms with Gasteiger partial charge in [-0.05, 0) is 13.3 Å². The Morgan fingerprint density at radius 3 is 1.79 bits per heavy atom. The largest absolute Gasteiger partial charge is 0.481 e. The molecule has 0 aromatic carbocycles. The zero-order valence-corrected chi connectivity index (χ0v) is 8.96. The predicted molar refractivity (Wildman–Crippen MR) is 52.5 cm³/mol. The molecular weight excluding hydrogens is 186 g/mol. The lowest BCUT2D eigenvalue weighted by atomic mass is 10.2. The normalized spacial score (nSPS) is 10.6. The van der Waals surface area contributed by atoms with Crippen LogP contribution < -0.4 is 5.73 Å². The standard InChI is InChI=1S/C7H13NO2.C2H4O2/c1-4-6(5(2)8)7(9)10-3;1-2(3)4/h4,8H2,1-3H3;1H3,(H,3,4). The van der Waals surface area contributed by atoms with E-state index >= 15 is 0 Å². The van der Waals surface area contributed by atoms with Gasteiger partial charge in [-0.15, -0.1) is 0 Å². The third-order valence-corrected chi connectivity index (χ3v) is 1.26. The van der Waals surface area contributed by atoms with Crippen LogP contribution in [-0.2, 0) is 14.3 Å². The van der Waals surface area contributed by atoms with Crippen molar-refractivity contribution in [2.75, 3.05) is 7.11 Å². The Bertz CT molecular complexity index is 225. The quantitative estimate of drug-likeness (QED) is 0.514. The van der Waals surface area contributed by atoms with Crippen LogP contribution in [0, 0.1) is 0 Å². The van der Waals surface area contributed by atoms with Crippen LogP contribution >= 0.6 is 0 Å². The number of allylic oxidation sites excluding steroid dienone is 1. The molecule has 0 saturated carbocycles. The molecule has 0 aromatic rings. The van der Waals surface area contributed by atoms with Gasteiger partial charge in [0.15, 0.2) is 0 Å². The Kier molecular flexibility index (Phi) is 8.66. The maximum absolute atomic E-state index is 10.8. The van der Waals surface area contributed by atoms with Crippen molar-refractivity contribution in [1.82, 2.24) is 0 Å². The first-order chi connectivity index (χ1) is 6.36. The first-order valence-electron chi connectivity index (χ1n) is 4.09. The zero-order chi connectivity index (χ0) is 11.7. The van der Waals surface area contributed by atoms with Gasteiger partial charge in [0.25, 0.3) is 5.97 Å². The molecule has 3 N–H and O–H groups in total. The van der Waals surface area contributed by atoms with E-state index in [1.807, 2.05) is 6.92 Å². The van der Waals surface area contributed by atoms with Crippen LogP contribution in [0.15, 0.2) is 11.3 Å². The number of aliphatic carboxylic acids is 1. The molecule has 14 heavy (non-hydrogen) atoms. The lowest BCUT2D eigenvalue weighted by molar-refractivity contribution is -0.136. The number of hydrogen-bond donors (Lipinski definition) is 2. The van der Waals surface area contributed by atoms with Crippen molar-refractivity contribution in [3.8, 4) is 0 Å². The van der Waals surface area contributed by atoms with Crippen molar-refractivity contribution in [3.63, 3.8) is 0 Å². The smallest absolute Gasteiger partial charge is 0.335 e. The molecule has 0 aliphatic carbocycles. The maximum Gasteiger partial charge on any atom is 0.335 e. The number of rotatable bonds is 2. The average Bonchev–Trinajstić information content (AvgIpc) is 2.03. The van der Waals surface area contributed by atoms with Gasteiger partial charge in [-0.3, -0.25) is 4.79 Å². The number of esters is 1. The third-order valence-electron chi connectivity index (χ3n) is 1.26. The minimum atomic E-state index is -0.833. The molecule has 0 spiro atoms. The van der Waals surface area contributed by atoms with Gasteiger partial charge in [0, 0.05) is 12.6 Å². The number of carbonyl (C=O) groups excluding carboxylic acids is 1. The van der Waals surface area contributed by atoms with Gasteiger partial charge in [0.2, 0.25) is 0 Å². The summed E-state index contributed by atoms with van der Waals surface area (Å²) in [4.78, 5) is 19.8. The van der Waals surface area contributed by atoms with E-state index in [9.17, 15) is 4.79 Å². The summed E-state index contributed by atoms with van der Waals surface area (Å²) in [7, 11) is 1.35. The van der Waals surface area contributed by atoms with E-state index in [0.717, 1.165) is 6.92 Å². The molecule has 0 fully saturated rings. The molecule has 0 saturated heterocycles. The summed E-state index contributed by atoms with van der Waals surface area (Å²) in [6.07, 6.45) is 0.620. The van der Waals surface area contributed by atoms with Gasteiger partial charge in [0.1, 0.15) is 0 Å². The Morgan fingerprint density at radius 1 is 1.36 bits per heavy atom. The highest BCUT2D eigenvalue weighted by atomic mass is 16.5. The molecular formula is C9H17NO4. The Morgan fingerprint density at radius 2 is 1.71 bits per heavy atom. The number of carboxylic acid groups (broad SMARTS) is 1. The van der Waals surface area contributed by atoms with E-state index in [0.29, 0.717) is 17.7 Å². The molecule has 5 nitrogen and oxygen atoms in total. The van der Waals surface area contributed by atoms with E-state index < -0.39 is 5.97 Å². The van der Waals surface area contributed by atoms with Gasteiger partial charge in [-0.25, -0.2) is 4.79 Å². The van der Waals surface area contributed by atoms with Gasteiger partial charge < -0.3 is 15.6 Å². The number of hydrogen-bond acceptors (Lipinski definition) is 4. The average molecular weight is 203 g/mol. The number of ether oxygens (including phenoxy) is 1. The SMILES string of the molecule is CC(=O)O.CCC(C(=O)OC)=C(C)N. The van der Waals surface area contributed by atoms with Crippen LogP contribution in [0.25, 0.3) is 0 Å². The van der Waals surface area contributed by atoms with Crippen LogP contribution in [0.2, 0.25) is 0 Å². The minimum Gasteiger partial charge on any atom is -0.481 e. The second-order valence-corrected chi connectivity index (χ2v) is 2.53. The van der Waals surface area contributed by atoms with Crippen LogP contribution in [0.5, 0.6) is 0 Å². The van der Waals surface area contributed by atoms with Crippen molar-refractivity contribution < 1.29 is 19.4 Å². The lowest BCUT2D eigenvalue weighted by Gasteiger charge is -2.02. The van der Waals surface area contributed by atoms with Gasteiger partial charge >= 0.3 is 5.97 Å². The zero-order valence-electron chi connectivity index (χ0n) is 8.96. The van der Waals surface area contributed by atoms with E-state index in [2.05, 4.69) is 4.74 Å². The van der Waals surface area contributed by atoms with Gasteiger partial charge in [-0.2, -0.15) is 0 Å². The Labute approximate surface area is 83.5 Å². The molecule has 0 heterocycles. The maximum atomic E-state index is 10.8. The van der Waals surface area contributed by atoms with Crippen LogP contribution in [0.1, 0.15) is 27.2 Å². The molecule has 0 rings (SSSR count). The highest BCUT2D eigenvalue weighted by Crippen LogP contribution is 2.05. The number of carbonyl (C=O) groups is 2. The second-order valence-electron chi connectivity index (χ2n) is 2.53. The highest BCUT2D eigenvalue weighted by Gasteiger charge is 2.08. The van der Waals surface area contributed by atoms with Crippen molar-refractivity contribution in [1.29, 1.82) is 0 Å². The topological polar surface area (TPSA) is 89.6 Å². The molecule has 0 bridgehead atoms. The van der Waals surface area contributed by atoms with Crippen molar-refractivity contribution in [2.45, 2.75) is 27.2 Å². The minimum absolute atomic E-state index is 0.331. The van der Waals surface area contributed by atoms with Crippen molar-refractivity contribution >= 4 is 11.9 Å². The van der Waals surface area contributed by atoms with E-state index in [-0.39, 0.29) is 5.97 Å². The molecule has 0 radical (unpaired) electrons. The lowest BCUT2D eigenvalue weighted by Crippen LogP contribution is -2.09. The summed E-state index contributed by atoms with van der Waals surface area (Å²) < 4.78 is 4.49. The predicted octanol–water partition coefficient (Wildman–Crippen LogP) is 0.893. The number of nitrogens with two attached hydrogens (primary N) is 1. The Hall–Kier alpha value is -1.52. The molecule has 0 amide bonds. The molecule has 5 heteroatoms. The number of methoxy groups -OCH3 is 1. The van der Waals surface area contributed by atoms with E-state index in [1.165, 1.54) is 7.11 Å². The van der Waals surface area contributed by atoms with Crippen LogP contribution in [0.3, 0.4) is 0 Å². The molecule has 0 atom stereocenters. The van der Waals surface area contributed by atoms with Gasteiger partial charge in [-0.1, -0.05) is 6.92 Å². The van der Waals surface area contributed by atoms with Crippen molar-refractivity contribution in [3.05, 3.63) is 11.3 Å². The van der Waals surface area contributed by atoms with E-state index in [4.69, 9.17) is 15.6 Å². The van der Waals surface area contributed by atoms with Gasteiger partial charge in [0.05, 0.1) is 12.7 Å². The first kappa shape index (κ1) is 15.0. The fourth-order valence-electron chi connectivity index (χ4n) is 0.707. The monoisotopic (exact) mass is 203 g/mol. The third kappa shape index (κ3) is 8.58. The second kappa shape index (κ2) is 8.10. The fourth-order valence-corrected chi connectivity index (χ4v) is 0.707. The summed E-state index contributed by atoms with van der Waals surface area (Å²) >= 11 is 0. The molecule has 0 aliphatic heterocycles. The van der Waals surface area contributed by atoms with Crippen LogP contribution in [-0.4, -0.2) is 24.2 Å². The Balaban J connectivity index is 0. The molecule has 0 aliphatic rings. The summed E-state index contributed by atoms with van der Waals surface area (Å²) in [6.45, 7) is 4.64. The summed E-state index contributed by atoms with van der Waals surface area (Å²) in [6, 6.07) is 0. The fraction of sp³-hybridized carbons (Fsp3) is 0.556. The number of carboxylic acids is 1. The summed E-state index contributed by atoms with van der Waals surface area (Å²) in [5.74, 6) is -1.16. The first-order valence-corrected chi connectivity index (χ1v) is 4.09.